The molecular weight excluding hydrogens is 260 g/mol. The number of hydrogen-bond acceptors (Lipinski definition) is 3. The van der Waals surface area contributed by atoms with Gasteiger partial charge in [-0.25, -0.2) is 4.79 Å². The number of nitrogens with zero attached hydrogens (tertiary/aromatic N) is 1. The summed E-state index contributed by atoms with van der Waals surface area (Å²) in [6, 6.07) is 6.00. The Kier molecular flexibility index (Phi) is 6.18. The van der Waals surface area contributed by atoms with Gasteiger partial charge >= 0.3 is 6.03 Å². The summed E-state index contributed by atoms with van der Waals surface area (Å²) in [6.07, 6.45) is 1.54. The van der Waals surface area contributed by atoms with Crippen LogP contribution in [-0.2, 0) is 6.54 Å². The number of urea groups is 1. The summed E-state index contributed by atoms with van der Waals surface area (Å²) in [6.45, 7) is 4.56. The molecule has 1 rings (SSSR count). The molecule has 2 N–H and O–H groups in total. The number of likely N-dealkylation sites (N-methyl/N-ethyl adjacent to an activating group) is 1. The number of aryl methyl sites for hydroxylation is 1. The lowest BCUT2D eigenvalue weighted by Crippen LogP contribution is -2.40. The number of aliphatic hydroxyl groups excluding tert-OH is 1. The van der Waals surface area contributed by atoms with E-state index in [-0.39, 0.29) is 6.03 Å². The number of nitrogens with one attached hydrogen (secondary N) is 1. The number of amides is 2. The Bertz CT molecular complexity index is 435. The average molecular weight is 282 g/mol. The first kappa shape index (κ1) is 15.9. The largest absolute Gasteiger partial charge is 0.392 e. The Labute approximate surface area is 119 Å². The third-order valence-corrected chi connectivity index (χ3v) is 3.69. The molecule has 0 saturated heterocycles. The predicted octanol–water partition coefficient (Wildman–Crippen LogP) is 2.24. The van der Waals surface area contributed by atoms with Crippen LogP contribution in [0.3, 0.4) is 0 Å². The van der Waals surface area contributed by atoms with Crippen molar-refractivity contribution in [2.24, 2.45) is 0 Å². The van der Waals surface area contributed by atoms with Gasteiger partial charge in [0.1, 0.15) is 0 Å². The molecule has 0 aromatic heterocycles. The first-order valence-corrected chi connectivity index (χ1v) is 7.47. The van der Waals surface area contributed by atoms with Crippen molar-refractivity contribution >= 4 is 17.8 Å². The molecule has 0 radical (unpaired) electrons. The Balaban J connectivity index is 2.52. The zero-order valence-electron chi connectivity index (χ0n) is 11.9. The fraction of sp³-hybridized carbons (Fsp3) is 0.500. The molecule has 4 nitrogen and oxygen atoms in total. The zero-order valence-corrected chi connectivity index (χ0v) is 12.8. The predicted molar refractivity (Wildman–Crippen MR) is 79.5 cm³/mol. The molecule has 0 unspecified atom stereocenters. The minimum atomic E-state index is -0.515. The van der Waals surface area contributed by atoms with E-state index in [1.165, 1.54) is 15.4 Å². The number of carbonyl (C=O) groups excluding carboxylic acids is 1. The summed E-state index contributed by atoms with van der Waals surface area (Å²) in [5.41, 5.74) is 2.30. The van der Waals surface area contributed by atoms with Crippen LogP contribution in [0, 0.1) is 6.92 Å². The molecule has 1 aromatic carbocycles. The first-order chi connectivity index (χ1) is 8.93. The highest BCUT2D eigenvalue weighted by Gasteiger charge is 2.10. The fourth-order valence-electron chi connectivity index (χ4n) is 1.84. The van der Waals surface area contributed by atoms with Crippen LogP contribution in [0.4, 0.5) is 4.79 Å². The van der Waals surface area contributed by atoms with E-state index in [2.05, 4.69) is 30.6 Å². The summed E-state index contributed by atoms with van der Waals surface area (Å²) < 4.78 is 0. The van der Waals surface area contributed by atoms with Gasteiger partial charge in [-0.05, 0) is 37.3 Å². The summed E-state index contributed by atoms with van der Waals surface area (Å²) >= 11 is 1.72. The Morgan fingerprint density at radius 3 is 2.74 bits per heavy atom. The van der Waals surface area contributed by atoms with Crippen LogP contribution >= 0.6 is 11.8 Å². The van der Waals surface area contributed by atoms with Gasteiger partial charge in [-0.2, -0.15) is 0 Å². The van der Waals surface area contributed by atoms with Gasteiger partial charge in [-0.1, -0.05) is 12.1 Å². The molecule has 0 heterocycles. The Hall–Kier alpha value is -1.20. The molecular formula is C14H22N2O2S. The van der Waals surface area contributed by atoms with Crippen molar-refractivity contribution in [2.75, 3.05) is 19.8 Å². The minimum Gasteiger partial charge on any atom is -0.392 e. The van der Waals surface area contributed by atoms with Crippen LogP contribution in [-0.4, -0.2) is 42.0 Å². The Morgan fingerprint density at radius 2 is 2.21 bits per heavy atom. The van der Waals surface area contributed by atoms with Crippen molar-refractivity contribution in [1.82, 2.24) is 10.2 Å². The molecule has 19 heavy (non-hydrogen) atoms. The van der Waals surface area contributed by atoms with E-state index in [9.17, 15) is 9.90 Å². The van der Waals surface area contributed by atoms with Crippen LogP contribution in [0.5, 0.6) is 0 Å². The maximum atomic E-state index is 11.8. The van der Waals surface area contributed by atoms with E-state index in [0.717, 1.165) is 5.56 Å². The monoisotopic (exact) mass is 282 g/mol. The van der Waals surface area contributed by atoms with Gasteiger partial charge in [0.15, 0.2) is 0 Å². The molecule has 0 spiro atoms. The smallest absolute Gasteiger partial charge is 0.317 e. The van der Waals surface area contributed by atoms with Crippen LogP contribution < -0.4 is 5.32 Å². The molecule has 0 bridgehead atoms. The van der Waals surface area contributed by atoms with Crippen LogP contribution in [0.1, 0.15) is 18.1 Å². The molecule has 0 fully saturated rings. The number of benzene rings is 1. The number of rotatable bonds is 5. The van der Waals surface area contributed by atoms with E-state index >= 15 is 0 Å². The number of carbonyl (C=O) groups is 1. The Morgan fingerprint density at radius 1 is 1.53 bits per heavy atom. The number of aliphatic hydroxyl groups is 1. The molecule has 5 heteroatoms. The van der Waals surface area contributed by atoms with Crippen LogP contribution in [0.25, 0.3) is 0 Å². The van der Waals surface area contributed by atoms with Crippen molar-refractivity contribution < 1.29 is 9.90 Å². The SMILES string of the molecule is CSc1ccc(CNC(=O)N(C)C[C@@H](C)O)cc1C. The molecule has 0 aliphatic rings. The van der Waals surface area contributed by atoms with Gasteiger partial charge in [-0.15, -0.1) is 11.8 Å². The van der Waals surface area contributed by atoms with Gasteiger partial charge in [0, 0.05) is 25.0 Å². The highest BCUT2D eigenvalue weighted by molar-refractivity contribution is 7.98. The van der Waals surface area contributed by atoms with Gasteiger partial charge in [0.25, 0.3) is 0 Å². The lowest BCUT2D eigenvalue weighted by atomic mass is 10.1. The van der Waals surface area contributed by atoms with E-state index < -0.39 is 6.10 Å². The van der Waals surface area contributed by atoms with E-state index in [1.807, 2.05) is 6.07 Å². The third kappa shape index (κ3) is 5.12. The summed E-state index contributed by atoms with van der Waals surface area (Å²) in [7, 11) is 1.67. The molecule has 0 saturated carbocycles. The summed E-state index contributed by atoms with van der Waals surface area (Å²) in [4.78, 5) is 14.5. The maximum Gasteiger partial charge on any atom is 0.317 e. The zero-order chi connectivity index (χ0) is 14.4. The van der Waals surface area contributed by atoms with E-state index in [0.29, 0.717) is 13.1 Å². The molecule has 0 aliphatic heterocycles. The minimum absolute atomic E-state index is 0.174. The van der Waals surface area contributed by atoms with Crippen LogP contribution in [0.2, 0.25) is 0 Å². The van der Waals surface area contributed by atoms with Gasteiger partial charge in [0.05, 0.1) is 6.10 Å². The van der Waals surface area contributed by atoms with Crippen LogP contribution in [0.15, 0.2) is 23.1 Å². The van der Waals surface area contributed by atoms with Gasteiger partial charge in [-0.3, -0.25) is 0 Å². The van der Waals surface area contributed by atoms with E-state index in [1.54, 1.807) is 25.7 Å². The summed E-state index contributed by atoms with van der Waals surface area (Å²) in [5, 5.41) is 12.1. The standard InChI is InChI=1S/C14H22N2O2S/c1-10-7-12(5-6-13(10)19-4)8-15-14(18)16(3)9-11(2)17/h5-7,11,17H,8-9H2,1-4H3,(H,15,18)/t11-/m1/s1. The lowest BCUT2D eigenvalue weighted by molar-refractivity contribution is 0.143. The normalized spacial score (nSPS) is 12.1. The second-order valence-electron chi connectivity index (χ2n) is 4.69. The van der Waals surface area contributed by atoms with E-state index in [4.69, 9.17) is 0 Å². The topological polar surface area (TPSA) is 52.6 Å². The number of hydrogen-bond donors (Lipinski definition) is 2. The first-order valence-electron chi connectivity index (χ1n) is 6.24. The lowest BCUT2D eigenvalue weighted by Gasteiger charge is -2.19. The highest BCUT2D eigenvalue weighted by atomic mass is 32.2. The van der Waals surface area contributed by atoms with Crippen molar-refractivity contribution in [2.45, 2.75) is 31.4 Å². The van der Waals surface area contributed by atoms with Crippen molar-refractivity contribution in [3.63, 3.8) is 0 Å². The second kappa shape index (κ2) is 7.40. The van der Waals surface area contributed by atoms with Crippen molar-refractivity contribution in [3.05, 3.63) is 29.3 Å². The second-order valence-corrected chi connectivity index (χ2v) is 5.54. The molecule has 0 aliphatic carbocycles. The molecule has 1 atom stereocenters. The molecule has 1 aromatic rings. The van der Waals surface area contributed by atoms with Crippen molar-refractivity contribution in [1.29, 1.82) is 0 Å². The third-order valence-electron chi connectivity index (χ3n) is 2.79. The van der Waals surface area contributed by atoms with Gasteiger partial charge < -0.3 is 15.3 Å². The highest BCUT2D eigenvalue weighted by Crippen LogP contribution is 2.20. The molecule has 106 valence electrons. The molecule has 2 amide bonds. The number of thioether (sulfide) groups is 1. The van der Waals surface area contributed by atoms with Crippen molar-refractivity contribution in [3.8, 4) is 0 Å². The quantitative estimate of drug-likeness (QED) is 0.814. The average Bonchev–Trinajstić information content (AvgIpc) is 2.35. The summed E-state index contributed by atoms with van der Waals surface area (Å²) in [5.74, 6) is 0. The fourth-order valence-corrected chi connectivity index (χ4v) is 2.43. The maximum absolute atomic E-state index is 11.8. The van der Waals surface area contributed by atoms with Gasteiger partial charge in [0.2, 0.25) is 0 Å².